The number of aryl methyl sites for hydroxylation is 1. The van der Waals surface area contributed by atoms with Crippen LogP contribution in [0.4, 0.5) is 4.39 Å². The summed E-state index contributed by atoms with van der Waals surface area (Å²) in [5, 5.41) is 4.67. The highest BCUT2D eigenvalue weighted by Gasteiger charge is 2.35. The van der Waals surface area contributed by atoms with Gasteiger partial charge in [-0.2, -0.15) is 5.10 Å². The van der Waals surface area contributed by atoms with Crippen LogP contribution in [0, 0.1) is 18.7 Å². The molecular weight excluding hydrogens is 381 g/mol. The molecule has 0 N–H and O–H groups in total. The summed E-state index contributed by atoms with van der Waals surface area (Å²) in [6, 6.07) is 15.7. The molecule has 156 valence electrons. The Hall–Kier alpha value is -3.15. The average molecular weight is 407 g/mol. The fourth-order valence-electron chi connectivity index (χ4n) is 3.43. The second-order valence-corrected chi connectivity index (χ2v) is 8.01. The van der Waals surface area contributed by atoms with Crippen LogP contribution in [0.25, 0.3) is 5.69 Å². The van der Waals surface area contributed by atoms with Crippen LogP contribution >= 0.6 is 0 Å². The van der Waals surface area contributed by atoms with Crippen molar-refractivity contribution in [1.29, 1.82) is 0 Å². The Morgan fingerprint density at radius 1 is 1.17 bits per heavy atom. The van der Waals surface area contributed by atoms with Gasteiger partial charge in [-0.3, -0.25) is 4.79 Å². The summed E-state index contributed by atoms with van der Waals surface area (Å²) in [7, 11) is 0. The molecule has 0 atom stereocenters. The van der Waals surface area contributed by atoms with E-state index in [9.17, 15) is 9.18 Å². The highest BCUT2D eigenvalue weighted by atomic mass is 19.1. The van der Waals surface area contributed by atoms with Gasteiger partial charge in [0.25, 0.3) is 0 Å². The summed E-state index contributed by atoms with van der Waals surface area (Å²) in [6.45, 7) is 6.38. The molecule has 0 bridgehead atoms. The highest BCUT2D eigenvalue weighted by Crippen LogP contribution is 2.35. The highest BCUT2D eigenvalue weighted by molar-refractivity contribution is 5.81. The predicted molar refractivity (Wildman–Crippen MR) is 113 cm³/mol. The Labute approximate surface area is 176 Å². The van der Waals surface area contributed by atoms with Crippen molar-refractivity contribution in [3.63, 3.8) is 0 Å². The van der Waals surface area contributed by atoms with Gasteiger partial charge in [-0.1, -0.05) is 18.2 Å². The summed E-state index contributed by atoms with van der Waals surface area (Å²) in [5.41, 5.74) is 2.33. The summed E-state index contributed by atoms with van der Waals surface area (Å²) in [6.07, 6.45) is 1.92. The Kier molecular flexibility index (Phi) is 5.57. The largest absolute Gasteiger partial charge is 0.439 e. The molecule has 1 amide bonds. The zero-order valence-electron chi connectivity index (χ0n) is 17.5. The van der Waals surface area contributed by atoms with E-state index in [0.717, 1.165) is 24.1 Å². The monoisotopic (exact) mass is 407 g/mol. The lowest BCUT2D eigenvalue weighted by molar-refractivity contribution is -0.134. The van der Waals surface area contributed by atoms with Gasteiger partial charge in [0, 0.05) is 12.0 Å². The molecule has 0 aliphatic heterocycles. The third-order valence-corrected chi connectivity index (χ3v) is 5.33. The lowest BCUT2D eigenvalue weighted by Gasteiger charge is -2.27. The van der Waals surface area contributed by atoms with Crippen LogP contribution in [-0.2, 0) is 11.3 Å². The number of benzene rings is 2. The van der Waals surface area contributed by atoms with Crippen molar-refractivity contribution < 1.29 is 13.9 Å². The number of hydrogen-bond acceptors (Lipinski definition) is 3. The molecule has 5 nitrogen and oxygen atoms in total. The van der Waals surface area contributed by atoms with Gasteiger partial charge in [0.2, 0.25) is 11.8 Å². The summed E-state index contributed by atoms with van der Waals surface area (Å²) >= 11 is 0. The fraction of sp³-hybridized carbons (Fsp3) is 0.333. The van der Waals surface area contributed by atoms with Crippen molar-refractivity contribution in [3.05, 3.63) is 71.7 Å². The normalized spacial score (nSPS) is 13.5. The lowest BCUT2D eigenvalue weighted by Crippen LogP contribution is -2.37. The van der Waals surface area contributed by atoms with E-state index in [1.54, 1.807) is 16.8 Å². The fourth-order valence-corrected chi connectivity index (χ4v) is 3.43. The number of halogens is 1. The van der Waals surface area contributed by atoms with Crippen LogP contribution in [0.15, 0.2) is 54.6 Å². The number of aromatic nitrogens is 2. The number of carbonyl (C=O) groups is 1. The first kappa shape index (κ1) is 20.1. The van der Waals surface area contributed by atoms with Crippen LogP contribution in [0.1, 0.15) is 37.9 Å². The first-order valence-electron chi connectivity index (χ1n) is 10.3. The second-order valence-electron chi connectivity index (χ2n) is 8.01. The first-order chi connectivity index (χ1) is 14.4. The Bertz CT molecular complexity index is 1020. The van der Waals surface area contributed by atoms with Crippen molar-refractivity contribution in [2.45, 2.75) is 46.2 Å². The smallest absolute Gasteiger partial charge is 0.227 e. The minimum atomic E-state index is -0.311. The van der Waals surface area contributed by atoms with E-state index in [1.807, 2.05) is 56.0 Å². The van der Waals surface area contributed by atoms with Gasteiger partial charge in [-0.25, -0.2) is 9.07 Å². The molecule has 0 saturated heterocycles. The second kappa shape index (κ2) is 8.30. The van der Waals surface area contributed by atoms with E-state index in [-0.39, 0.29) is 23.7 Å². The quantitative estimate of drug-likeness (QED) is 0.537. The Morgan fingerprint density at radius 2 is 1.83 bits per heavy atom. The molecule has 1 aliphatic carbocycles. The summed E-state index contributed by atoms with van der Waals surface area (Å²) in [4.78, 5) is 14.8. The van der Waals surface area contributed by atoms with E-state index >= 15 is 0 Å². The first-order valence-corrected chi connectivity index (χ1v) is 10.3. The van der Waals surface area contributed by atoms with E-state index in [0.29, 0.717) is 23.9 Å². The van der Waals surface area contributed by atoms with Crippen molar-refractivity contribution >= 4 is 5.91 Å². The molecule has 0 unspecified atom stereocenters. The minimum Gasteiger partial charge on any atom is -0.439 e. The van der Waals surface area contributed by atoms with E-state index in [1.165, 1.54) is 12.1 Å². The molecule has 2 aromatic carbocycles. The van der Waals surface area contributed by atoms with Crippen molar-refractivity contribution in [3.8, 4) is 17.3 Å². The zero-order chi connectivity index (χ0) is 21.3. The van der Waals surface area contributed by atoms with Crippen LogP contribution in [-0.4, -0.2) is 26.6 Å². The van der Waals surface area contributed by atoms with Gasteiger partial charge in [-0.05, 0) is 70.0 Å². The maximum Gasteiger partial charge on any atom is 0.227 e. The molecular formula is C24H26FN3O2. The average Bonchev–Trinajstić information content (AvgIpc) is 3.53. The molecule has 3 aromatic rings. The number of amides is 1. The SMILES string of the molecule is Cc1nn(-c2ccc(F)cc2)c(Oc2ccccc2)c1CN(C(=O)C1CC1)C(C)C. The third kappa shape index (κ3) is 4.22. The van der Waals surface area contributed by atoms with Crippen molar-refractivity contribution in [2.75, 3.05) is 0 Å². The molecule has 1 heterocycles. The van der Waals surface area contributed by atoms with Crippen LogP contribution in [0.2, 0.25) is 0 Å². The topological polar surface area (TPSA) is 47.4 Å². The van der Waals surface area contributed by atoms with Crippen molar-refractivity contribution in [2.24, 2.45) is 5.92 Å². The van der Waals surface area contributed by atoms with Crippen LogP contribution in [0.5, 0.6) is 11.6 Å². The molecule has 30 heavy (non-hydrogen) atoms. The molecule has 4 rings (SSSR count). The van der Waals surface area contributed by atoms with Gasteiger partial charge >= 0.3 is 0 Å². The maximum absolute atomic E-state index is 13.5. The van der Waals surface area contributed by atoms with Gasteiger partial charge in [0.05, 0.1) is 23.5 Å². The summed E-state index contributed by atoms with van der Waals surface area (Å²) in [5.74, 6) is 1.23. The van der Waals surface area contributed by atoms with Gasteiger partial charge in [-0.15, -0.1) is 0 Å². The molecule has 1 aromatic heterocycles. The van der Waals surface area contributed by atoms with Gasteiger partial charge in [0.15, 0.2) is 0 Å². The standard InChI is InChI=1S/C24H26FN3O2/c1-16(2)27(23(29)18-9-10-18)15-22-17(3)26-28(20-13-11-19(25)12-14-20)24(22)30-21-7-5-4-6-8-21/h4-8,11-14,16,18H,9-10,15H2,1-3H3. The molecule has 1 fully saturated rings. The van der Waals surface area contributed by atoms with Gasteiger partial charge < -0.3 is 9.64 Å². The van der Waals surface area contributed by atoms with E-state index in [4.69, 9.17) is 4.74 Å². The Morgan fingerprint density at radius 3 is 2.43 bits per heavy atom. The van der Waals surface area contributed by atoms with Crippen LogP contribution in [0.3, 0.4) is 0 Å². The van der Waals surface area contributed by atoms with Crippen molar-refractivity contribution in [1.82, 2.24) is 14.7 Å². The van der Waals surface area contributed by atoms with E-state index < -0.39 is 0 Å². The number of nitrogens with zero attached hydrogens (tertiary/aromatic N) is 3. The molecule has 1 saturated carbocycles. The third-order valence-electron chi connectivity index (χ3n) is 5.33. The number of hydrogen-bond donors (Lipinski definition) is 0. The van der Waals surface area contributed by atoms with E-state index in [2.05, 4.69) is 5.10 Å². The number of para-hydroxylation sites is 1. The van der Waals surface area contributed by atoms with Gasteiger partial charge in [0.1, 0.15) is 11.6 Å². The number of carbonyl (C=O) groups excluding carboxylic acids is 1. The number of rotatable bonds is 7. The minimum absolute atomic E-state index is 0.0660. The maximum atomic E-state index is 13.5. The number of ether oxygens (including phenoxy) is 1. The summed E-state index contributed by atoms with van der Waals surface area (Å²) < 4.78 is 21.4. The Balaban J connectivity index is 1.76. The molecule has 6 heteroatoms. The molecule has 1 aliphatic rings. The van der Waals surface area contributed by atoms with Crippen LogP contribution < -0.4 is 4.74 Å². The molecule has 0 radical (unpaired) electrons. The zero-order valence-corrected chi connectivity index (χ0v) is 17.5. The lowest BCUT2D eigenvalue weighted by atomic mass is 10.2. The molecule has 0 spiro atoms. The predicted octanol–water partition coefficient (Wildman–Crippen LogP) is 5.26.